The molecule has 0 saturated carbocycles. The average molecular weight is 216 g/mol. The number of anilines is 1. The Morgan fingerprint density at radius 2 is 2.14 bits per heavy atom. The quantitative estimate of drug-likeness (QED) is 0.803. The van der Waals surface area contributed by atoms with Gasteiger partial charge in [-0.15, -0.1) is 10.2 Å². The number of hydrogen-bond donors (Lipinski definition) is 2. The average Bonchev–Trinajstić information content (AvgIpc) is 2.06. The second-order valence-corrected chi connectivity index (χ2v) is 4.12. The van der Waals surface area contributed by atoms with Gasteiger partial charge in [-0.1, -0.05) is 11.6 Å². The van der Waals surface area contributed by atoms with Crippen LogP contribution in [-0.4, -0.2) is 27.4 Å². The number of nitrogens with zero attached hydrogens (tertiary/aromatic N) is 2. The summed E-state index contributed by atoms with van der Waals surface area (Å²) in [6, 6.07) is 3.42. The number of hydrogen-bond acceptors (Lipinski definition) is 4. The molecule has 0 aliphatic carbocycles. The SMILES string of the molecule is CC(C)(O)CCNc1ccc(Cl)nn1. The van der Waals surface area contributed by atoms with Crippen molar-refractivity contribution in [2.24, 2.45) is 0 Å². The molecule has 0 bridgehead atoms. The molecule has 0 atom stereocenters. The summed E-state index contributed by atoms with van der Waals surface area (Å²) in [6.07, 6.45) is 0.650. The fraction of sp³-hybridized carbons (Fsp3) is 0.556. The van der Waals surface area contributed by atoms with E-state index in [1.165, 1.54) is 0 Å². The van der Waals surface area contributed by atoms with Crippen molar-refractivity contribution < 1.29 is 5.11 Å². The van der Waals surface area contributed by atoms with Crippen LogP contribution in [0.25, 0.3) is 0 Å². The van der Waals surface area contributed by atoms with Crippen LogP contribution in [0.4, 0.5) is 5.82 Å². The van der Waals surface area contributed by atoms with Crippen molar-refractivity contribution in [3.8, 4) is 0 Å². The molecule has 2 N–H and O–H groups in total. The van der Waals surface area contributed by atoms with Gasteiger partial charge >= 0.3 is 0 Å². The summed E-state index contributed by atoms with van der Waals surface area (Å²) in [5.74, 6) is 0.665. The zero-order valence-electron chi connectivity index (χ0n) is 8.29. The van der Waals surface area contributed by atoms with E-state index >= 15 is 0 Å². The molecule has 0 aromatic carbocycles. The van der Waals surface area contributed by atoms with Crippen molar-refractivity contribution in [2.45, 2.75) is 25.9 Å². The van der Waals surface area contributed by atoms with Gasteiger partial charge in [0.2, 0.25) is 0 Å². The summed E-state index contributed by atoms with van der Waals surface area (Å²) in [5, 5.41) is 20.4. The molecule has 0 saturated heterocycles. The molecule has 1 aromatic rings. The van der Waals surface area contributed by atoms with Gasteiger partial charge < -0.3 is 10.4 Å². The van der Waals surface area contributed by atoms with Gasteiger partial charge in [0.15, 0.2) is 5.15 Å². The van der Waals surface area contributed by atoms with E-state index in [9.17, 15) is 5.11 Å². The van der Waals surface area contributed by atoms with Crippen molar-refractivity contribution in [2.75, 3.05) is 11.9 Å². The van der Waals surface area contributed by atoms with Crippen LogP contribution in [0, 0.1) is 0 Å². The van der Waals surface area contributed by atoms with Crippen molar-refractivity contribution in [1.29, 1.82) is 0 Å². The van der Waals surface area contributed by atoms with Crippen LogP contribution < -0.4 is 5.32 Å². The number of aromatic nitrogens is 2. The van der Waals surface area contributed by atoms with Crippen LogP contribution in [-0.2, 0) is 0 Å². The predicted octanol–water partition coefficient (Wildman–Crippen LogP) is 1.70. The van der Waals surface area contributed by atoms with Crippen molar-refractivity contribution in [3.05, 3.63) is 17.3 Å². The van der Waals surface area contributed by atoms with E-state index < -0.39 is 5.60 Å². The first-order chi connectivity index (χ1) is 6.47. The molecule has 4 nitrogen and oxygen atoms in total. The summed E-state index contributed by atoms with van der Waals surface area (Å²) >= 11 is 5.58. The van der Waals surface area contributed by atoms with Crippen LogP contribution in [0.5, 0.6) is 0 Å². The Morgan fingerprint density at radius 3 is 2.64 bits per heavy atom. The first-order valence-electron chi connectivity index (χ1n) is 4.43. The molecule has 0 radical (unpaired) electrons. The monoisotopic (exact) mass is 215 g/mol. The Balaban J connectivity index is 2.35. The normalized spacial score (nSPS) is 11.4. The largest absolute Gasteiger partial charge is 0.390 e. The lowest BCUT2D eigenvalue weighted by atomic mass is 10.1. The van der Waals surface area contributed by atoms with Gasteiger partial charge in [-0.05, 0) is 32.4 Å². The minimum Gasteiger partial charge on any atom is -0.390 e. The lowest BCUT2D eigenvalue weighted by Gasteiger charge is -2.16. The Kier molecular flexibility index (Phi) is 3.66. The van der Waals surface area contributed by atoms with Crippen LogP contribution in [0.3, 0.4) is 0 Å². The first kappa shape index (κ1) is 11.2. The maximum absolute atomic E-state index is 9.44. The molecule has 0 aliphatic heterocycles. The molecular weight excluding hydrogens is 202 g/mol. The first-order valence-corrected chi connectivity index (χ1v) is 4.81. The third kappa shape index (κ3) is 4.39. The Hall–Kier alpha value is -0.870. The van der Waals surface area contributed by atoms with Gasteiger partial charge in [0.25, 0.3) is 0 Å². The van der Waals surface area contributed by atoms with E-state index in [2.05, 4.69) is 15.5 Å². The van der Waals surface area contributed by atoms with Crippen molar-refractivity contribution >= 4 is 17.4 Å². The summed E-state index contributed by atoms with van der Waals surface area (Å²) in [7, 11) is 0. The highest BCUT2D eigenvalue weighted by atomic mass is 35.5. The molecule has 1 aromatic heterocycles. The number of rotatable bonds is 4. The number of halogens is 1. The maximum Gasteiger partial charge on any atom is 0.151 e. The molecule has 1 rings (SSSR count). The van der Waals surface area contributed by atoms with Crippen LogP contribution in [0.1, 0.15) is 20.3 Å². The van der Waals surface area contributed by atoms with Crippen molar-refractivity contribution in [1.82, 2.24) is 10.2 Å². The molecule has 5 heteroatoms. The van der Waals surface area contributed by atoms with Crippen molar-refractivity contribution in [3.63, 3.8) is 0 Å². The highest BCUT2D eigenvalue weighted by Gasteiger charge is 2.11. The fourth-order valence-corrected chi connectivity index (χ4v) is 1.01. The molecule has 0 unspecified atom stereocenters. The van der Waals surface area contributed by atoms with E-state index in [1.807, 2.05) is 0 Å². The molecule has 0 fully saturated rings. The van der Waals surface area contributed by atoms with Crippen LogP contribution in [0.2, 0.25) is 5.15 Å². The van der Waals surface area contributed by atoms with E-state index in [-0.39, 0.29) is 0 Å². The minimum atomic E-state index is -0.660. The highest BCUT2D eigenvalue weighted by molar-refractivity contribution is 6.29. The van der Waals surface area contributed by atoms with Gasteiger partial charge in [0, 0.05) is 6.54 Å². The zero-order chi connectivity index (χ0) is 10.6. The summed E-state index contributed by atoms with van der Waals surface area (Å²) < 4.78 is 0. The predicted molar refractivity (Wildman–Crippen MR) is 56.4 cm³/mol. The molecule has 14 heavy (non-hydrogen) atoms. The topological polar surface area (TPSA) is 58.0 Å². The minimum absolute atomic E-state index is 0.373. The van der Waals surface area contributed by atoms with E-state index in [1.54, 1.807) is 26.0 Å². The molecular formula is C9H14ClN3O. The summed E-state index contributed by atoms with van der Waals surface area (Å²) in [5.41, 5.74) is -0.660. The highest BCUT2D eigenvalue weighted by Crippen LogP contribution is 2.09. The van der Waals surface area contributed by atoms with Gasteiger partial charge in [0.1, 0.15) is 5.82 Å². The molecule has 0 aliphatic rings. The Morgan fingerprint density at radius 1 is 1.43 bits per heavy atom. The number of aliphatic hydroxyl groups is 1. The lowest BCUT2D eigenvalue weighted by Crippen LogP contribution is -2.22. The molecule has 0 amide bonds. The van der Waals surface area contributed by atoms with Gasteiger partial charge in [-0.2, -0.15) is 0 Å². The third-order valence-corrected chi connectivity index (χ3v) is 1.88. The van der Waals surface area contributed by atoms with Gasteiger partial charge in [0.05, 0.1) is 5.60 Å². The third-order valence-electron chi connectivity index (χ3n) is 1.67. The molecule has 1 heterocycles. The second-order valence-electron chi connectivity index (χ2n) is 3.73. The van der Waals surface area contributed by atoms with Gasteiger partial charge in [-0.25, -0.2) is 0 Å². The summed E-state index contributed by atoms with van der Waals surface area (Å²) in [4.78, 5) is 0. The second kappa shape index (κ2) is 4.57. The van der Waals surface area contributed by atoms with Crippen LogP contribution >= 0.6 is 11.6 Å². The standard InChI is InChI=1S/C9H14ClN3O/c1-9(2,14)5-6-11-8-4-3-7(10)12-13-8/h3-4,14H,5-6H2,1-2H3,(H,11,13). The Labute approximate surface area is 88.3 Å². The van der Waals surface area contributed by atoms with Gasteiger partial charge in [-0.3, -0.25) is 0 Å². The Bertz CT molecular complexity index is 281. The lowest BCUT2D eigenvalue weighted by molar-refractivity contribution is 0.0748. The summed E-state index contributed by atoms with van der Waals surface area (Å²) in [6.45, 7) is 4.18. The smallest absolute Gasteiger partial charge is 0.151 e. The van der Waals surface area contributed by atoms with E-state index in [4.69, 9.17) is 11.6 Å². The molecule has 0 spiro atoms. The maximum atomic E-state index is 9.44. The zero-order valence-corrected chi connectivity index (χ0v) is 9.04. The number of nitrogens with one attached hydrogen (secondary N) is 1. The van der Waals surface area contributed by atoms with Crippen LogP contribution in [0.15, 0.2) is 12.1 Å². The molecule has 78 valence electrons. The fourth-order valence-electron chi connectivity index (χ4n) is 0.907. The van der Waals surface area contributed by atoms with E-state index in [0.717, 1.165) is 0 Å². The van der Waals surface area contributed by atoms with E-state index in [0.29, 0.717) is 23.9 Å².